The van der Waals surface area contributed by atoms with Gasteiger partial charge in [-0.25, -0.2) is 0 Å². The molecule has 0 radical (unpaired) electrons. The Balaban J connectivity index is 1.36. The molecule has 0 amide bonds. The van der Waals surface area contributed by atoms with Crippen LogP contribution in [-0.4, -0.2) is 44.2 Å². The molecule has 2 atom stereocenters. The van der Waals surface area contributed by atoms with E-state index in [1.807, 2.05) is 52.0 Å². The summed E-state index contributed by atoms with van der Waals surface area (Å²) in [6, 6.07) is 19.0. The largest absolute Gasteiger partial charge is 0.784 e. The van der Waals surface area contributed by atoms with Crippen molar-refractivity contribution in [2.75, 3.05) is 0 Å². The summed E-state index contributed by atoms with van der Waals surface area (Å²) >= 11 is 0. The normalized spacial score (nSPS) is 20.1. The number of ether oxygens (including phenoxy) is 2. The van der Waals surface area contributed by atoms with Gasteiger partial charge < -0.3 is 30.0 Å². The Morgan fingerprint density at radius 2 is 0.917 bits per heavy atom. The maximum Gasteiger partial charge on any atom is 0.316 e. The van der Waals surface area contributed by atoms with Crippen LogP contribution >= 0.6 is 0 Å². The second-order valence-electron chi connectivity index (χ2n) is 19.2. The van der Waals surface area contributed by atoms with Crippen LogP contribution in [-0.2, 0) is 22.4 Å². The predicted molar refractivity (Wildman–Crippen MR) is 241 cm³/mol. The summed E-state index contributed by atoms with van der Waals surface area (Å²) in [5, 5.41) is 27.7. The minimum atomic E-state index is -0.853. The topological polar surface area (TPSA) is 105 Å². The number of benzene rings is 3. The minimum Gasteiger partial charge on any atom is -0.784 e. The van der Waals surface area contributed by atoms with Crippen molar-refractivity contribution in [3.05, 3.63) is 104 Å². The highest BCUT2D eigenvalue weighted by Crippen LogP contribution is 2.46. The number of hydrogen-bond acceptors (Lipinski definition) is 8. The molecule has 0 N–H and O–H groups in total. The van der Waals surface area contributed by atoms with Crippen LogP contribution in [0.5, 0.6) is 11.5 Å². The summed E-state index contributed by atoms with van der Waals surface area (Å²) in [6.07, 6.45) is 11.8. The lowest BCUT2D eigenvalue weighted by Crippen LogP contribution is -2.47. The highest BCUT2D eigenvalue weighted by Gasteiger charge is 2.51. The molecule has 8 heteroatoms. The van der Waals surface area contributed by atoms with Crippen molar-refractivity contribution in [3.8, 4) is 35.2 Å². The summed E-state index contributed by atoms with van der Waals surface area (Å²) in [4.78, 5) is 26.4. The van der Waals surface area contributed by atoms with Crippen molar-refractivity contribution in [1.82, 2.24) is 10.1 Å². The first-order chi connectivity index (χ1) is 28.3. The Hall–Kier alpha value is -4.44. The lowest BCUT2D eigenvalue weighted by molar-refractivity contribution is -0.142. The molecule has 2 heterocycles. The van der Waals surface area contributed by atoms with Gasteiger partial charge >= 0.3 is 11.9 Å². The zero-order chi connectivity index (χ0) is 43.9. The van der Waals surface area contributed by atoms with E-state index in [2.05, 4.69) is 49.7 Å². The molecule has 5 rings (SSSR count). The first kappa shape index (κ1) is 46.6. The Morgan fingerprint density at radius 1 is 0.567 bits per heavy atom. The molecule has 2 unspecified atom stereocenters. The molecule has 3 aromatic rings. The fraction of sp³-hybridized carbons (Fsp3) is 0.538. The molecule has 0 spiro atoms. The van der Waals surface area contributed by atoms with Gasteiger partial charge in [0, 0.05) is 44.4 Å². The average molecular weight is 815 g/mol. The average Bonchev–Trinajstić information content (AvgIpc) is 3.49. The van der Waals surface area contributed by atoms with E-state index in [0.717, 1.165) is 83.7 Å². The molecular formula is C52H66N2O6-2. The molecule has 322 valence electrons. The van der Waals surface area contributed by atoms with Crippen LogP contribution in [0.25, 0.3) is 0 Å². The maximum atomic E-state index is 13.2. The second kappa shape index (κ2) is 19.5. The van der Waals surface area contributed by atoms with Crippen LogP contribution in [0, 0.1) is 45.9 Å². The third kappa shape index (κ3) is 11.1. The molecule has 3 aromatic carbocycles. The third-order valence-electron chi connectivity index (χ3n) is 12.6. The number of hydrogen-bond donors (Lipinski definition) is 0. The number of nitrogens with zero attached hydrogens (tertiary/aromatic N) is 2. The van der Waals surface area contributed by atoms with Crippen molar-refractivity contribution in [1.29, 1.82) is 0 Å². The monoisotopic (exact) mass is 814 g/mol. The van der Waals surface area contributed by atoms with Crippen molar-refractivity contribution < 1.29 is 19.1 Å². The van der Waals surface area contributed by atoms with Crippen molar-refractivity contribution in [2.24, 2.45) is 11.8 Å². The van der Waals surface area contributed by atoms with E-state index in [1.165, 1.54) is 24.0 Å². The van der Waals surface area contributed by atoms with Gasteiger partial charge in [0.1, 0.15) is 11.5 Å². The van der Waals surface area contributed by atoms with Gasteiger partial charge in [-0.1, -0.05) is 76.1 Å². The number of esters is 2. The van der Waals surface area contributed by atoms with Crippen LogP contribution in [0.3, 0.4) is 0 Å². The van der Waals surface area contributed by atoms with Gasteiger partial charge in [-0.2, -0.15) is 0 Å². The fourth-order valence-electron chi connectivity index (χ4n) is 8.94. The minimum absolute atomic E-state index is 0.392. The first-order valence-corrected chi connectivity index (χ1v) is 22.1. The standard InChI is InChI=1S/C52H66N2O6/c1-11-13-15-17-19-39-33-42(28-22-38-25-31-44(32-26-38)60-48(56)46-36-50(5,6)54(58)52(46,9)10)40(20-18-16-14-12-2)34-41(39)27-21-37-23-29-43(30-24-37)59-47(55)45-35-49(3,4)53(57)51(45,7)8/h23-26,29-34,45-46H,11-20,35-36H2,1-10H3/q-2. The van der Waals surface area contributed by atoms with E-state index in [1.54, 1.807) is 52.0 Å². The van der Waals surface area contributed by atoms with E-state index in [-0.39, 0.29) is 0 Å². The lowest BCUT2D eigenvalue weighted by Gasteiger charge is -2.47. The van der Waals surface area contributed by atoms with E-state index in [4.69, 9.17) is 9.47 Å². The summed E-state index contributed by atoms with van der Waals surface area (Å²) in [6.45, 7) is 19.1. The summed E-state index contributed by atoms with van der Waals surface area (Å²) in [5.41, 5.74) is 3.01. The Morgan fingerprint density at radius 3 is 1.22 bits per heavy atom. The number of carbonyl (C=O) groups excluding carboxylic acids is 2. The summed E-state index contributed by atoms with van der Waals surface area (Å²) in [5.74, 6) is 12.7. The van der Waals surface area contributed by atoms with Gasteiger partial charge in [0.15, 0.2) is 0 Å². The SMILES string of the molecule is CCCCCCc1cc(C#Cc2ccc(OC(=O)C3CC(C)(C)N([O-])C3(C)C)cc2)c(CCCCCC)cc1C#Cc1ccc(OC(=O)C2CC(C)(C)N([O-])C2(C)C)cc1. The molecule has 2 aliphatic rings. The predicted octanol–water partition coefficient (Wildman–Crippen LogP) is 11.3. The molecule has 60 heavy (non-hydrogen) atoms. The number of rotatable bonds is 14. The van der Waals surface area contributed by atoms with Gasteiger partial charge in [-0.3, -0.25) is 9.59 Å². The maximum absolute atomic E-state index is 13.2. The smallest absolute Gasteiger partial charge is 0.316 e. The van der Waals surface area contributed by atoms with Gasteiger partial charge in [0.05, 0.1) is 11.8 Å². The fourth-order valence-corrected chi connectivity index (χ4v) is 8.94. The molecule has 8 nitrogen and oxygen atoms in total. The zero-order valence-electron chi connectivity index (χ0n) is 37.8. The number of hydroxylamine groups is 4. The van der Waals surface area contributed by atoms with Crippen molar-refractivity contribution >= 4 is 11.9 Å². The van der Waals surface area contributed by atoms with E-state index in [9.17, 15) is 20.0 Å². The molecule has 2 fully saturated rings. The number of aryl methyl sites for hydroxylation is 2. The number of carbonyl (C=O) groups is 2. The van der Waals surface area contributed by atoms with Gasteiger partial charge in [-0.15, -0.1) is 0 Å². The quantitative estimate of drug-likeness (QED) is 0.0686. The molecule has 0 aromatic heterocycles. The highest BCUT2D eigenvalue weighted by atomic mass is 16.5. The first-order valence-electron chi connectivity index (χ1n) is 22.1. The summed E-state index contributed by atoms with van der Waals surface area (Å²) < 4.78 is 11.6. The Bertz CT molecular complexity index is 1940. The third-order valence-corrected chi connectivity index (χ3v) is 12.6. The van der Waals surface area contributed by atoms with Crippen LogP contribution < -0.4 is 9.47 Å². The molecule has 0 bridgehead atoms. The Kier molecular flexibility index (Phi) is 15.2. The molecule has 0 saturated carbocycles. The lowest BCUT2D eigenvalue weighted by atomic mass is 9.87. The zero-order valence-corrected chi connectivity index (χ0v) is 37.8. The van der Waals surface area contributed by atoms with Crippen LogP contribution in [0.4, 0.5) is 0 Å². The van der Waals surface area contributed by atoms with Gasteiger partial charge in [-0.05, 0) is 166 Å². The molecule has 2 saturated heterocycles. The van der Waals surface area contributed by atoms with Crippen molar-refractivity contribution in [2.45, 2.75) is 168 Å². The second-order valence-corrected chi connectivity index (χ2v) is 19.2. The number of unbranched alkanes of at least 4 members (excludes halogenated alkanes) is 6. The molecule has 2 aliphatic heterocycles. The van der Waals surface area contributed by atoms with Crippen LogP contribution in [0.2, 0.25) is 0 Å². The van der Waals surface area contributed by atoms with Gasteiger partial charge in [0.25, 0.3) is 0 Å². The van der Waals surface area contributed by atoms with E-state index in [0.29, 0.717) is 24.3 Å². The summed E-state index contributed by atoms with van der Waals surface area (Å²) in [7, 11) is 0. The van der Waals surface area contributed by atoms with Crippen LogP contribution in [0.15, 0.2) is 60.7 Å². The Labute approximate surface area is 360 Å². The molecular weight excluding hydrogens is 749 g/mol. The van der Waals surface area contributed by atoms with Crippen molar-refractivity contribution in [3.63, 3.8) is 0 Å². The van der Waals surface area contributed by atoms with E-state index >= 15 is 0 Å². The van der Waals surface area contributed by atoms with Crippen LogP contribution in [0.1, 0.15) is 167 Å². The van der Waals surface area contributed by atoms with Gasteiger partial charge in [0.2, 0.25) is 0 Å². The molecule has 0 aliphatic carbocycles. The van der Waals surface area contributed by atoms with E-state index < -0.39 is 45.9 Å². The highest BCUT2D eigenvalue weighted by molar-refractivity contribution is 5.78.